The van der Waals surface area contributed by atoms with Crippen molar-refractivity contribution in [2.24, 2.45) is 0 Å². The summed E-state index contributed by atoms with van der Waals surface area (Å²) in [5.41, 5.74) is 0.447. The first-order valence-corrected chi connectivity index (χ1v) is 5.45. The molecule has 0 saturated heterocycles. The molecule has 80 valence electrons. The molecule has 1 aromatic carbocycles. The molecule has 0 amide bonds. The number of carbonyl (C=O) groups is 1. The summed E-state index contributed by atoms with van der Waals surface area (Å²) in [5.74, 6) is -0.174. The molecule has 0 fully saturated rings. The molecule has 1 aromatic heterocycles. The third kappa shape index (κ3) is 2.12. The molecule has 0 N–H and O–H groups in total. The van der Waals surface area contributed by atoms with Gasteiger partial charge in [0, 0.05) is 29.0 Å². The minimum absolute atomic E-state index is 0.115. The fourth-order valence-corrected chi connectivity index (χ4v) is 1.78. The van der Waals surface area contributed by atoms with Gasteiger partial charge < -0.3 is 0 Å². The second-order valence-corrected chi connectivity index (χ2v) is 4.08. The largest absolute Gasteiger partial charge is 0.290 e. The zero-order chi connectivity index (χ0) is 11.5. The van der Waals surface area contributed by atoms with Crippen LogP contribution in [0.2, 0.25) is 0 Å². The van der Waals surface area contributed by atoms with Crippen molar-refractivity contribution in [3.05, 3.63) is 69.1 Å². The Morgan fingerprint density at radius 2 is 1.69 bits per heavy atom. The molecule has 0 aliphatic heterocycles. The number of aromatic nitrogens is 1. The van der Waals surface area contributed by atoms with E-state index in [-0.39, 0.29) is 11.3 Å². The SMILES string of the molecule is O=C(c1ccccc1Br)n1ccc(=O)cc1. The van der Waals surface area contributed by atoms with E-state index >= 15 is 0 Å². The molecule has 0 radical (unpaired) electrons. The van der Waals surface area contributed by atoms with Crippen molar-refractivity contribution in [1.29, 1.82) is 0 Å². The highest BCUT2D eigenvalue weighted by Gasteiger charge is 2.09. The minimum Gasteiger partial charge on any atom is -0.290 e. The van der Waals surface area contributed by atoms with Crippen LogP contribution in [0.1, 0.15) is 10.4 Å². The van der Waals surface area contributed by atoms with Crippen molar-refractivity contribution < 1.29 is 4.79 Å². The molecular formula is C12H8BrNO2. The van der Waals surface area contributed by atoms with Crippen molar-refractivity contribution in [2.75, 3.05) is 0 Å². The van der Waals surface area contributed by atoms with E-state index in [2.05, 4.69) is 15.9 Å². The summed E-state index contributed by atoms with van der Waals surface area (Å²) in [4.78, 5) is 22.9. The molecule has 0 unspecified atom stereocenters. The van der Waals surface area contributed by atoms with Crippen LogP contribution in [0.3, 0.4) is 0 Å². The molecule has 0 spiro atoms. The Morgan fingerprint density at radius 1 is 1.06 bits per heavy atom. The van der Waals surface area contributed by atoms with Gasteiger partial charge in [-0.05, 0) is 28.1 Å². The average molecular weight is 278 g/mol. The van der Waals surface area contributed by atoms with Crippen LogP contribution in [0, 0.1) is 0 Å². The van der Waals surface area contributed by atoms with Crippen LogP contribution in [0.25, 0.3) is 0 Å². The number of halogens is 1. The molecule has 16 heavy (non-hydrogen) atoms. The number of hydrogen-bond donors (Lipinski definition) is 0. The first kappa shape index (κ1) is 10.8. The summed E-state index contributed by atoms with van der Waals surface area (Å²) in [6.45, 7) is 0. The Morgan fingerprint density at radius 3 is 2.31 bits per heavy atom. The maximum absolute atomic E-state index is 12.0. The molecule has 2 rings (SSSR count). The molecular weight excluding hydrogens is 270 g/mol. The van der Waals surface area contributed by atoms with Crippen LogP contribution in [0.4, 0.5) is 0 Å². The van der Waals surface area contributed by atoms with Gasteiger partial charge in [0.2, 0.25) is 0 Å². The molecule has 0 saturated carbocycles. The third-order valence-corrected chi connectivity index (χ3v) is 2.83. The second kappa shape index (κ2) is 4.45. The number of carbonyl (C=O) groups excluding carboxylic acids is 1. The van der Waals surface area contributed by atoms with Crippen LogP contribution in [0.15, 0.2) is 58.1 Å². The smallest absolute Gasteiger partial charge is 0.262 e. The molecule has 0 aliphatic carbocycles. The topological polar surface area (TPSA) is 39.1 Å². The van der Waals surface area contributed by atoms with E-state index in [1.165, 1.54) is 29.1 Å². The van der Waals surface area contributed by atoms with E-state index in [9.17, 15) is 9.59 Å². The maximum atomic E-state index is 12.0. The van der Waals surface area contributed by atoms with E-state index in [1.54, 1.807) is 18.2 Å². The normalized spacial score (nSPS) is 10.1. The standard InChI is InChI=1S/C12H8BrNO2/c13-11-4-2-1-3-10(11)12(16)14-7-5-9(15)6-8-14/h1-8H. The summed E-state index contributed by atoms with van der Waals surface area (Å²) in [6.07, 6.45) is 2.92. The van der Waals surface area contributed by atoms with Crippen LogP contribution in [-0.2, 0) is 0 Å². The third-order valence-electron chi connectivity index (χ3n) is 2.14. The van der Waals surface area contributed by atoms with Crippen molar-refractivity contribution in [2.45, 2.75) is 0 Å². The zero-order valence-electron chi connectivity index (χ0n) is 8.26. The monoisotopic (exact) mass is 277 g/mol. The predicted octanol–water partition coefficient (Wildman–Crippen LogP) is 2.30. The Hall–Kier alpha value is -1.68. The quantitative estimate of drug-likeness (QED) is 0.802. The van der Waals surface area contributed by atoms with E-state index in [1.807, 2.05) is 6.07 Å². The summed E-state index contributed by atoms with van der Waals surface area (Å²) < 4.78 is 2.11. The lowest BCUT2D eigenvalue weighted by Gasteiger charge is -2.05. The van der Waals surface area contributed by atoms with Crippen molar-refractivity contribution in [3.8, 4) is 0 Å². The highest BCUT2D eigenvalue weighted by atomic mass is 79.9. The van der Waals surface area contributed by atoms with Crippen LogP contribution < -0.4 is 5.43 Å². The molecule has 0 atom stereocenters. The number of hydrogen-bond acceptors (Lipinski definition) is 2. The van der Waals surface area contributed by atoms with Gasteiger partial charge in [-0.2, -0.15) is 0 Å². The molecule has 0 bridgehead atoms. The van der Waals surface area contributed by atoms with Crippen molar-refractivity contribution in [1.82, 2.24) is 4.57 Å². The lowest BCUT2D eigenvalue weighted by atomic mass is 10.2. The molecule has 3 nitrogen and oxygen atoms in total. The Bertz CT molecular complexity index is 569. The molecule has 0 aliphatic rings. The van der Waals surface area contributed by atoms with Gasteiger partial charge in [0.25, 0.3) is 5.91 Å². The molecule has 4 heteroatoms. The van der Waals surface area contributed by atoms with Gasteiger partial charge in [0.1, 0.15) is 0 Å². The van der Waals surface area contributed by atoms with E-state index < -0.39 is 0 Å². The molecule has 1 heterocycles. The predicted molar refractivity (Wildman–Crippen MR) is 64.6 cm³/mol. The van der Waals surface area contributed by atoms with Crippen LogP contribution >= 0.6 is 15.9 Å². The van der Waals surface area contributed by atoms with Crippen molar-refractivity contribution >= 4 is 21.8 Å². The van der Waals surface area contributed by atoms with E-state index in [4.69, 9.17) is 0 Å². The molecule has 2 aromatic rings. The number of rotatable bonds is 1. The van der Waals surface area contributed by atoms with Crippen LogP contribution in [-0.4, -0.2) is 10.5 Å². The Kier molecular flexibility index (Phi) is 3.01. The fourth-order valence-electron chi connectivity index (χ4n) is 1.32. The van der Waals surface area contributed by atoms with Gasteiger partial charge in [-0.1, -0.05) is 12.1 Å². The first-order chi connectivity index (χ1) is 7.68. The average Bonchev–Trinajstić information content (AvgIpc) is 2.30. The highest BCUT2D eigenvalue weighted by Crippen LogP contribution is 2.16. The summed E-state index contributed by atoms with van der Waals surface area (Å²) in [7, 11) is 0. The zero-order valence-corrected chi connectivity index (χ0v) is 9.85. The van der Waals surface area contributed by atoms with Crippen LogP contribution in [0.5, 0.6) is 0 Å². The van der Waals surface area contributed by atoms with Gasteiger partial charge in [-0.15, -0.1) is 0 Å². The number of nitrogens with zero attached hydrogens (tertiary/aromatic N) is 1. The lowest BCUT2D eigenvalue weighted by Crippen LogP contribution is -2.14. The second-order valence-electron chi connectivity index (χ2n) is 3.23. The number of benzene rings is 1. The van der Waals surface area contributed by atoms with Gasteiger partial charge >= 0.3 is 0 Å². The summed E-state index contributed by atoms with van der Waals surface area (Å²) in [6, 6.07) is 9.87. The lowest BCUT2D eigenvalue weighted by molar-refractivity contribution is 0.0958. The van der Waals surface area contributed by atoms with Gasteiger partial charge in [0.15, 0.2) is 5.43 Å². The van der Waals surface area contributed by atoms with Crippen molar-refractivity contribution in [3.63, 3.8) is 0 Å². The van der Waals surface area contributed by atoms with Gasteiger partial charge in [0.05, 0.1) is 5.56 Å². The fraction of sp³-hybridized carbons (Fsp3) is 0. The van der Waals surface area contributed by atoms with Gasteiger partial charge in [-0.25, -0.2) is 0 Å². The van der Waals surface area contributed by atoms with E-state index in [0.29, 0.717) is 5.56 Å². The summed E-state index contributed by atoms with van der Waals surface area (Å²) in [5, 5.41) is 0. The first-order valence-electron chi connectivity index (χ1n) is 4.66. The Balaban J connectivity index is 2.43. The Labute approximate surface area is 100 Å². The minimum atomic E-state index is -0.174. The van der Waals surface area contributed by atoms with E-state index in [0.717, 1.165) is 4.47 Å². The maximum Gasteiger partial charge on any atom is 0.262 e. The van der Waals surface area contributed by atoms with Gasteiger partial charge in [-0.3, -0.25) is 14.2 Å². The highest BCUT2D eigenvalue weighted by molar-refractivity contribution is 9.10. The number of pyridine rings is 1. The summed E-state index contributed by atoms with van der Waals surface area (Å²) >= 11 is 3.31.